The molecule has 0 spiro atoms. The Morgan fingerprint density at radius 3 is 2.36 bits per heavy atom. The normalized spacial score (nSPS) is 12.5. The Balaban J connectivity index is 2.00. The van der Waals surface area contributed by atoms with Crippen molar-refractivity contribution in [2.45, 2.75) is 19.4 Å². The van der Waals surface area contributed by atoms with Gasteiger partial charge in [-0.05, 0) is 30.0 Å². The average molecular weight is 400 g/mol. The van der Waals surface area contributed by atoms with Crippen molar-refractivity contribution in [2.75, 3.05) is 15.9 Å². The maximum Gasteiger partial charge on any atom is 0.248 e. The van der Waals surface area contributed by atoms with Gasteiger partial charge in [-0.3, -0.25) is 9.10 Å². The highest BCUT2D eigenvalue weighted by molar-refractivity contribution is 7.92. The van der Waals surface area contributed by atoms with Crippen LogP contribution in [0.15, 0.2) is 66.7 Å². The Kier molecular flexibility index (Phi) is 5.65. The third-order valence-electron chi connectivity index (χ3n) is 4.47. The molecule has 0 aliphatic heterocycles. The monoisotopic (exact) mass is 400 g/mol. The molecular formula is C21H21FN2O3S. The van der Waals surface area contributed by atoms with E-state index >= 15 is 0 Å². The molecule has 0 aliphatic rings. The van der Waals surface area contributed by atoms with E-state index in [2.05, 4.69) is 5.32 Å². The number of amides is 1. The molecule has 1 atom stereocenters. The lowest BCUT2D eigenvalue weighted by atomic mass is 10.1. The molecule has 3 aromatic carbocycles. The summed E-state index contributed by atoms with van der Waals surface area (Å²) in [5.74, 6) is -1.23. The zero-order valence-corrected chi connectivity index (χ0v) is 16.4. The van der Waals surface area contributed by atoms with Crippen molar-refractivity contribution in [2.24, 2.45) is 0 Å². The zero-order chi connectivity index (χ0) is 20.3. The van der Waals surface area contributed by atoms with E-state index in [1.54, 1.807) is 13.0 Å². The highest BCUT2D eigenvalue weighted by Crippen LogP contribution is 2.27. The minimum absolute atomic E-state index is 0.148. The molecule has 7 heteroatoms. The predicted molar refractivity (Wildman–Crippen MR) is 110 cm³/mol. The van der Waals surface area contributed by atoms with Gasteiger partial charge in [0.1, 0.15) is 11.9 Å². The molecule has 3 rings (SSSR count). The van der Waals surface area contributed by atoms with Gasteiger partial charge in [0.25, 0.3) is 0 Å². The van der Waals surface area contributed by atoms with E-state index in [-0.39, 0.29) is 12.1 Å². The predicted octanol–water partition coefficient (Wildman–Crippen LogP) is 4.16. The van der Waals surface area contributed by atoms with Crippen molar-refractivity contribution in [3.05, 3.63) is 72.5 Å². The first-order valence-electron chi connectivity index (χ1n) is 8.85. The molecule has 0 radical (unpaired) electrons. The maximum atomic E-state index is 14.3. The molecule has 5 nitrogen and oxygen atoms in total. The molecule has 0 fully saturated rings. The van der Waals surface area contributed by atoms with Crippen LogP contribution >= 0.6 is 0 Å². The number of carbonyl (C=O) groups is 1. The summed E-state index contributed by atoms with van der Waals surface area (Å²) < 4.78 is 40.0. The van der Waals surface area contributed by atoms with Crippen molar-refractivity contribution in [1.29, 1.82) is 0 Å². The number of sulfonamides is 1. The Labute approximate surface area is 163 Å². The summed E-state index contributed by atoms with van der Waals surface area (Å²) in [7, 11) is -3.90. The van der Waals surface area contributed by atoms with E-state index in [1.807, 2.05) is 36.4 Å². The van der Waals surface area contributed by atoms with Crippen LogP contribution in [-0.4, -0.2) is 26.6 Å². The number of benzene rings is 3. The number of halogens is 1. The summed E-state index contributed by atoms with van der Waals surface area (Å²) in [6, 6.07) is 17.5. The summed E-state index contributed by atoms with van der Waals surface area (Å²) in [4.78, 5) is 13.0. The molecule has 1 amide bonds. The fraction of sp³-hybridized carbons (Fsp3) is 0.190. The van der Waals surface area contributed by atoms with Gasteiger partial charge in [0.2, 0.25) is 15.9 Å². The van der Waals surface area contributed by atoms with Crippen LogP contribution in [0.1, 0.15) is 13.3 Å². The van der Waals surface area contributed by atoms with E-state index in [0.717, 1.165) is 21.3 Å². The number of anilines is 2. The number of carbonyl (C=O) groups excluding carboxylic acids is 1. The van der Waals surface area contributed by atoms with Crippen molar-refractivity contribution in [3.8, 4) is 0 Å². The Morgan fingerprint density at radius 1 is 1.04 bits per heavy atom. The third kappa shape index (κ3) is 3.99. The number of nitrogens with zero attached hydrogens (tertiary/aromatic N) is 1. The summed E-state index contributed by atoms with van der Waals surface area (Å²) in [6.45, 7) is 1.69. The van der Waals surface area contributed by atoms with Crippen molar-refractivity contribution in [1.82, 2.24) is 0 Å². The molecule has 0 saturated heterocycles. The van der Waals surface area contributed by atoms with Crippen LogP contribution in [0.3, 0.4) is 0 Å². The molecule has 146 valence electrons. The van der Waals surface area contributed by atoms with E-state index < -0.39 is 27.8 Å². The molecule has 0 bridgehead atoms. The first kappa shape index (κ1) is 19.8. The van der Waals surface area contributed by atoms with Crippen LogP contribution in [0.5, 0.6) is 0 Å². The molecule has 0 aromatic heterocycles. The number of hydrogen-bond acceptors (Lipinski definition) is 3. The lowest BCUT2D eigenvalue weighted by Gasteiger charge is -2.30. The second-order valence-corrected chi connectivity index (χ2v) is 8.31. The van der Waals surface area contributed by atoms with Crippen LogP contribution in [0.2, 0.25) is 0 Å². The van der Waals surface area contributed by atoms with E-state index in [9.17, 15) is 17.6 Å². The van der Waals surface area contributed by atoms with Gasteiger partial charge in [0.05, 0.1) is 11.9 Å². The van der Waals surface area contributed by atoms with Gasteiger partial charge in [-0.2, -0.15) is 0 Å². The number of rotatable bonds is 6. The zero-order valence-electron chi connectivity index (χ0n) is 15.6. The lowest BCUT2D eigenvalue weighted by Crippen LogP contribution is -2.47. The van der Waals surface area contributed by atoms with Crippen LogP contribution < -0.4 is 9.62 Å². The van der Waals surface area contributed by atoms with Crippen LogP contribution in [-0.2, 0) is 14.8 Å². The van der Waals surface area contributed by atoms with Gasteiger partial charge < -0.3 is 5.32 Å². The number of fused-ring (bicyclic) bond motifs is 1. The first-order chi connectivity index (χ1) is 13.3. The molecule has 0 aliphatic carbocycles. The highest BCUT2D eigenvalue weighted by atomic mass is 32.2. The topological polar surface area (TPSA) is 66.5 Å². The summed E-state index contributed by atoms with van der Waals surface area (Å²) >= 11 is 0. The van der Waals surface area contributed by atoms with Crippen LogP contribution in [0.4, 0.5) is 15.8 Å². The number of para-hydroxylation sites is 1. The Morgan fingerprint density at radius 2 is 1.68 bits per heavy atom. The van der Waals surface area contributed by atoms with Crippen molar-refractivity contribution in [3.63, 3.8) is 0 Å². The van der Waals surface area contributed by atoms with Gasteiger partial charge in [-0.1, -0.05) is 55.5 Å². The highest BCUT2D eigenvalue weighted by Gasteiger charge is 2.33. The largest absolute Gasteiger partial charge is 0.324 e. The van der Waals surface area contributed by atoms with Gasteiger partial charge in [0, 0.05) is 11.1 Å². The molecule has 0 heterocycles. The average Bonchev–Trinajstić information content (AvgIpc) is 2.66. The molecule has 3 aromatic rings. The number of hydrogen-bond donors (Lipinski definition) is 1. The number of nitrogens with one attached hydrogen (secondary N) is 1. The van der Waals surface area contributed by atoms with E-state index in [4.69, 9.17) is 0 Å². The summed E-state index contributed by atoms with van der Waals surface area (Å²) in [6.07, 6.45) is 1.14. The van der Waals surface area contributed by atoms with Gasteiger partial charge in [-0.25, -0.2) is 12.8 Å². The maximum absolute atomic E-state index is 14.3. The second-order valence-electron chi connectivity index (χ2n) is 6.45. The fourth-order valence-electron chi connectivity index (χ4n) is 3.22. The van der Waals surface area contributed by atoms with Crippen LogP contribution in [0, 0.1) is 5.82 Å². The van der Waals surface area contributed by atoms with Crippen molar-refractivity contribution < 1.29 is 17.6 Å². The van der Waals surface area contributed by atoms with Crippen molar-refractivity contribution >= 4 is 38.1 Å². The van der Waals surface area contributed by atoms with Gasteiger partial charge in [-0.15, -0.1) is 0 Å². The fourth-order valence-corrected chi connectivity index (χ4v) is 4.43. The van der Waals surface area contributed by atoms with Gasteiger partial charge in [0.15, 0.2) is 0 Å². The van der Waals surface area contributed by atoms with Gasteiger partial charge >= 0.3 is 0 Å². The van der Waals surface area contributed by atoms with E-state index in [1.165, 1.54) is 24.3 Å². The smallest absolute Gasteiger partial charge is 0.248 e. The molecule has 28 heavy (non-hydrogen) atoms. The third-order valence-corrected chi connectivity index (χ3v) is 5.63. The molecular weight excluding hydrogens is 379 g/mol. The summed E-state index contributed by atoms with van der Waals surface area (Å²) in [5, 5.41) is 4.59. The second kappa shape index (κ2) is 7.98. The Bertz CT molecular complexity index is 1110. The standard InChI is InChI=1S/C21H21FN2O3S/c1-3-19(24(28(2,26)27)20-14-7-6-12-17(20)22)21(25)23-18-13-8-10-15-9-4-5-11-16(15)18/h4-14,19H,3H2,1-2H3,(H,23,25). The Hall–Kier alpha value is -2.93. The molecule has 1 unspecified atom stereocenters. The van der Waals surface area contributed by atoms with Crippen LogP contribution in [0.25, 0.3) is 10.8 Å². The quantitative estimate of drug-likeness (QED) is 0.676. The molecule has 1 N–H and O–H groups in total. The minimum atomic E-state index is -3.90. The first-order valence-corrected chi connectivity index (χ1v) is 10.7. The molecule has 0 saturated carbocycles. The summed E-state index contributed by atoms with van der Waals surface area (Å²) in [5.41, 5.74) is 0.424. The minimum Gasteiger partial charge on any atom is -0.324 e. The lowest BCUT2D eigenvalue weighted by molar-refractivity contribution is -0.117. The van der Waals surface area contributed by atoms with E-state index in [0.29, 0.717) is 5.69 Å². The SMILES string of the molecule is CCC(C(=O)Nc1cccc2ccccc12)N(c1ccccc1F)S(C)(=O)=O.